The van der Waals surface area contributed by atoms with Crippen molar-refractivity contribution in [2.24, 2.45) is 0 Å². The highest BCUT2D eigenvalue weighted by atomic mass is 19.3. The number of hydrogen-bond acceptors (Lipinski definition) is 3. The second-order valence-corrected chi connectivity index (χ2v) is 2.26. The molecule has 1 heterocycles. The van der Waals surface area contributed by atoms with E-state index in [0.717, 1.165) is 13.2 Å². The molecule has 0 spiro atoms. The van der Waals surface area contributed by atoms with Crippen LogP contribution in [-0.4, -0.2) is 12.1 Å². The molecule has 0 saturated carbocycles. The molecule has 0 atom stereocenters. The normalized spacial score (nSPS) is 10.5. The summed E-state index contributed by atoms with van der Waals surface area (Å²) in [4.78, 5) is 3.22. The van der Waals surface area contributed by atoms with Crippen molar-refractivity contribution in [3.8, 4) is 5.88 Å². The van der Waals surface area contributed by atoms with Crippen molar-refractivity contribution >= 4 is 5.69 Å². The van der Waals surface area contributed by atoms with Crippen LogP contribution in [0.3, 0.4) is 0 Å². The molecule has 1 rings (SSSR count). The van der Waals surface area contributed by atoms with Crippen LogP contribution >= 0.6 is 0 Å². The second-order valence-electron chi connectivity index (χ2n) is 2.26. The van der Waals surface area contributed by atoms with E-state index in [1.165, 1.54) is 0 Å². The summed E-state index contributed by atoms with van der Waals surface area (Å²) in [5.41, 5.74) is 4.10. The number of nitrogens with zero attached hydrogens (tertiary/aromatic N) is 1. The first-order valence-corrected chi connectivity index (χ1v) is 3.34. The van der Waals surface area contributed by atoms with Crippen molar-refractivity contribution < 1.29 is 17.9 Å². The number of hydrogen-bond donors (Lipinski definition) is 1. The van der Waals surface area contributed by atoms with E-state index in [0.29, 0.717) is 0 Å². The number of methoxy groups -OCH3 is 1. The third kappa shape index (κ3) is 1.82. The van der Waals surface area contributed by atoms with Gasteiger partial charge in [0.15, 0.2) is 0 Å². The van der Waals surface area contributed by atoms with E-state index in [4.69, 9.17) is 5.73 Å². The molecule has 0 aliphatic heterocycles. The second kappa shape index (κ2) is 3.51. The van der Waals surface area contributed by atoms with Crippen molar-refractivity contribution in [1.82, 2.24) is 4.98 Å². The highest BCUT2D eigenvalue weighted by molar-refractivity contribution is 5.44. The van der Waals surface area contributed by atoms with Crippen molar-refractivity contribution in [2.75, 3.05) is 12.8 Å². The molecule has 0 aromatic carbocycles. The first kappa shape index (κ1) is 9.63. The number of rotatable bonds is 2. The van der Waals surface area contributed by atoms with Gasteiger partial charge < -0.3 is 10.5 Å². The first-order chi connectivity index (χ1) is 6.06. The summed E-state index contributed by atoms with van der Waals surface area (Å²) >= 11 is 0. The van der Waals surface area contributed by atoms with Gasteiger partial charge in [-0.3, -0.25) is 0 Å². The molecule has 0 amide bonds. The van der Waals surface area contributed by atoms with Gasteiger partial charge in [0.05, 0.1) is 12.8 Å². The van der Waals surface area contributed by atoms with Crippen LogP contribution in [0.2, 0.25) is 0 Å². The topological polar surface area (TPSA) is 48.1 Å². The van der Waals surface area contributed by atoms with Crippen LogP contribution in [0.4, 0.5) is 18.9 Å². The molecule has 1 aromatic heterocycles. The SMILES string of the molecule is COc1nc(C(F)F)cc(N)c1F. The average Bonchev–Trinajstić information content (AvgIpc) is 2.09. The van der Waals surface area contributed by atoms with E-state index in [-0.39, 0.29) is 0 Å². The Morgan fingerprint density at radius 2 is 2.15 bits per heavy atom. The van der Waals surface area contributed by atoms with E-state index in [2.05, 4.69) is 9.72 Å². The largest absolute Gasteiger partial charge is 0.479 e. The summed E-state index contributed by atoms with van der Waals surface area (Å²) in [6, 6.07) is 0.780. The molecular weight excluding hydrogens is 185 g/mol. The summed E-state index contributed by atoms with van der Waals surface area (Å²) in [5, 5.41) is 0. The molecule has 6 heteroatoms. The molecule has 2 N–H and O–H groups in total. The molecule has 3 nitrogen and oxygen atoms in total. The van der Waals surface area contributed by atoms with E-state index >= 15 is 0 Å². The van der Waals surface area contributed by atoms with Gasteiger partial charge in [-0.1, -0.05) is 0 Å². The zero-order valence-electron chi connectivity index (χ0n) is 6.72. The zero-order valence-corrected chi connectivity index (χ0v) is 6.72. The Labute approximate surface area is 72.3 Å². The number of pyridine rings is 1. The molecule has 0 aliphatic rings. The lowest BCUT2D eigenvalue weighted by atomic mass is 10.3. The smallest absolute Gasteiger partial charge is 0.280 e. The van der Waals surface area contributed by atoms with Gasteiger partial charge in [0.25, 0.3) is 12.3 Å². The standard InChI is InChI=1S/C7H7F3N2O/c1-13-7-5(8)3(11)2-4(12-7)6(9)10/h2,6H,1H3,(H2,11,12). The third-order valence-electron chi connectivity index (χ3n) is 1.39. The monoisotopic (exact) mass is 192 g/mol. The fourth-order valence-corrected chi connectivity index (χ4v) is 0.792. The first-order valence-electron chi connectivity index (χ1n) is 3.34. The van der Waals surface area contributed by atoms with Gasteiger partial charge in [0.1, 0.15) is 5.69 Å². The van der Waals surface area contributed by atoms with Gasteiger partial charge in [0.2, 0.25) is 5.82 Å². The van der Waals surface area contributed by atoms with Crippen LogP contribution < -0.4 is 10.5 Å². The minimum absolute atomic E-state index is 0.401. The van der Waals surface area contributed by atoms with Crippen LogP contribution in [0.15, 0.2) is 6.07 Å². The Morgan fingerprint density at radius 3 is 2.62 bits per heavy atom. The number of aromatic nitrogens is 1. The Hall–Kier alpha value is -1.46. The molecule has 0 fully saturated rings. The summed E-state index contributed by atoms with van der Waals surface area (Å²) in [6.45, 7) is 0. The van der Waals surface area contributed by atoms with Crippen molar-refractivity contribution in [2.45, 2.75) is 6.43 Å². The predicted octanol–water partition coefficient (Wildman–Crippen LogP) is 1.75. The van der Waals surface area contributed by atoms with Crippen LogP contribution in [0.5, 0.6) is 5.88 Å². The fraction of sp³-hybridized carbons (Fsp3) is 0.286. The van der Waals surface area contributed by atoms with E-state index < -0.39 is 29.5 Å². The summed E-state index contributed by atoms with van der Waals surface area (Å²) in [6.07, 6.45) is -2.79. The molecule has 0 radical (unpaired) electrons. The maximum Gasteiger partial charge on any atom is 0.280 e. The lowest BCUT2D eigenvalue weighted by Gasteiger charge is -2.05. The van der Waals surface area contributed by atoms with Crippen molar-refractivity contribution in [3.63, 3.8) is 0 Å². The summed E-state index contributed by atoms with van der Waals surface area (Å²) in [5.74, 6) is -1.44. The lowest BCUT2D eigenvalue weighted by molar-refractivity contribution is 0.144. The van der Waals surface area contributed by atoms with Gasteiger partial charge in [-0.25, -0.2) is 13.8 Å². The van der Waals surface area contributed by atoms with E-state index in [1.54, 1.807) is 0 Å². The predicted molar refractivity (Wildman–Crippen MR) is 40.1 cm³/mol. The molecule has 0 unspecified atom stereocenters. The minimum atomic E-state index is -2.79. The van der Waals surface area contributed by atoms with Gasteiger partial charge in [-0.15, -0.1) is 0 Å². The van der Waals surface area contributed by atoms with Gasteiger partial charge in [0, 0.05) is 0 Å². The van der Waals surface area contributed by atoms with Crippen LogP contribution in [0.25, 0.3) is 0 Å². The molecule has 0 aliphatic carbocycles. The number of halogens is 3. The molecule has 0 saturated heterocycles. The maximum atomic E-state index is 12.9. The third-order valence-corrected chi connectivity index (χ3v) is 1.39. The minimum Gasteiger partial charge on any atom is -0.479 e. The Balaban J connectivity index is 3.22. The van der Waals surface area contributed by atoms with E-state index in [1.807, 2.05) is 0 Å². The fourth-order valence-electron chi connectivity index (χ4n) is 0.792. The van der Waals surface area contributed by atoms with Crippen molar-refractivity contribution in [1.29, 1.82) is 0 Å². The molecule has 13 heavy (non-hydrogen) atoms. The molecule has 0 bridgehead atoms. The zero-order chi connectivity index (χ0) is 10.0. The molecule has 72 valence electrons. The molecule has 1 aromatic rings. The lowest BCUT2D eigenvalue weighted by Crippen LogP contribution is -2.02. The van der Waals surface area contributed by atoms with Gasteiger partial charge in [-0.2, -0.15) is 4.39 Å². The van der Waals surface area contributed by atoms with Crippen LogP contribution in [0, 0.1) is 5.82 Å². The number of ether oxygens (including phenoxy) is 1. The quantitative estimate of drug-likeness (QED) is 0.776. The van der Waals surface area contributed by atoms with E-state index in [9.17, 15) is 13.2 Å². The highest BCUT2D eigenvalue weighted by Crippen LogP contribution is 2.26. The molecular formula is C7H7F3N2O. The van der Waals surface area contributed by atoms with Gasteiger partial charge in [-0.05, 0) is 6.07 Å². The maximum absolute atomic E-state index is 12.9. The highest BCUT2D eigenvalue weighted by Gasteiger charge is 2.16. The van der Waals surface area contributed by atoms with Crippen LogP contribution in [-0.2, 0) is 0 Å². The van der Waals surface area contributed by atoms with Crippen LogP contribution in [0.1, 0.15) is 12.1 Å². The van der Waals surface area contributed by atoms with Crippen molar-refractivity contribution in [3.05, 3.63) is 17.6 Å². The average molecular weight is 192 g/mol. The summed E-state index contributed by atoms with van der Waals surface area (Å²) < 4.78 is 41.5. The Bertz CT molecular complexity index is 317. The number of nitrogens with two attached hydrogens (primary N) is 1. The summed E-state index contributed by atoms with van der Waals surface area (Å²) in [7, 11) is 1.13. The number of alkyl halides is 2. The number of nitrogen functional groups attached to an aromatic ring is 1. The number of anilines is 1. The Kier molecular flexibility index (Phi) is 2.60. The van der Waals surface area contributed by atoms with Gasteiger partial charge >= 0.3 is 0 Å². The Morgan fingerprint density at radius 1 is 1.54 bits per heavy atom.